The van der Waals surface area contributed by atoms with Gasteiger partial charge in [-0.25, -0.2) is 9.98 Å². The van der Waals surface area contributed by atoms with Gasteiger partial charge in [0.2, 0.25) is 5.90 Å². The molecule has 0 aliphatic carbocycles. The number of hydrogen-bond donors (Lipinski definition) is 0. The Kier molecular flexibility index (Phi) is 7.85. The van der Waals surface area contributed by atoms with Gasteiger partial charge in [-0.2, -0.15) is 0 Å². The predicted octanol–water partition coefficient (Wildman–Crippen LogP) is 11.3. The fraction of sp³-hybridized carbons (Fsp3) is 0.429. The van der Waals surface area contributed by atoms with Crippen LogP contribution in [-0.2, 0) is 15.6 Å². The molecule has 0 spiro atoms. The first-order valence-corrected chi connectivity index (χ1v) is 17.0. The number of ether oxygens (including phenoxy) is 2. The molecule has 0 radical (unpaired) electrons. The summed E-state index contributed by atoms with van der Waals surface area (Å²) in [5, 5.41) is 2.39. The zero-order valence-corrected chi connectivity index (χ0v) is 30.4. The van der Waals surface area contributed by atoms with Crippen LogP contribution >= 0.6 is 0 Å². The molecule has 3 heterocycles. The lowest BCUT2D eigenvalue weighted by atomic mass is 9.76. The summed E-state index contributed by atoms with van der Waals surface area (Å²) in [4.78, 5) is 9.99. The summed E-state index contributed by atoms with van der Waals surface area (Å²) in [6.07, 6.45) is 1.93. The fourth-order valence-electron chi connectivity index (χ4n) is 6.09. The number of nitrogens with zero attached hydrogens (tertiary/aromatic N) is 3. The maximum Gasteiger partial charge on any atom is 0.216 e. The Morgan fingerprint density at radius 3 is 2.09 bits per heavy atom. The summed E-state index contributed by atoms with van der Waals surface area (Å²) >= 11 is 0. The van der Waals surface area contributed by atoms with Crippen LogP contribution in [0.4, 0.5) is 0 Å². The molecule has 0 fully saturated rings. The number of hydrogen-bond acceptors (Lipinski definition) is 4. The first kappa shape index (κ1) is 32.8. The fourth-order valence-corrected chi connectivity index (χ4v) is 6.09. The second kappa shape index (κ2) is 11.2. The molecule has 0 N–H and O–H groups in total. The Labute approximate surface area is 281 Å². The minimum atomic E-state index is -0.291. The molecule has 0 bridgehead atoms. The smallest absolute Gasteiger partial charge is 0.216 e. The summed E-state index contributed by atoms with van der Waals surface area (Å²) in [6, 6.07) is 24.0. The van der Waals surface area contributed by atoms with E-state index in [1.165, 1.54) is 27.5 Å². The molecule has 1 atom stereocenters. The number of aliphatic imine (C=N–C) groups is 1. The predicted molar refractivity (Wildman–Crippen MR) is 197 cm³/mol. The van der Waals surface area contributed by atoms with Crippen molar-refractivity contribution in [2.45, 2.75) is 105 Å². The quantitative estimate of drug-likeness (QED) is 0.194. The molecular weight excluding hydrogens is 578 g/mol. The average molecular weight is 630 g/mol. The van der Waals surface area contributed by atoms with Crippen molar-refractivity contribution in [2.75, 3.05) is 6.61 Å². The van der Waals surface area contributed by atoms with Crippen molar-refractivity contribution in [1.29, 1.82) is 0 Å². The van der Waals surface area contributed by atoms with E-state index in [-0.39, 0.29) is 21.8 Å². The second-order valence-electron chi connectivity index (χ2n) is 16.9. The highest BCUT2D eigenvalue weighted by Crippen LogP contribution is 2.40. The van der Waals surface area contributed by atoms with Crippen LogP contribution in [0.15, 0.2) is 77.9 Å². The van der Waals surface area contributed by atoms with E-state index < -0.39 is 0 Å². The van der Waals surface area contributed by atoms with Gasteiger partial charge in [-0.15, -0.1) is 0 Å². The lowest BCUT2D eigenvalue weighted by molar-refractivity contribution is 0.154. The Bertz CT molecular complexity index is 2010. The van der Waals surface area contributed by atoms with E-state index in [0.717, 1.165) is 33.9 Å². The van der Waals surface area contributed by atoms with Crippen molar-refractivity contribution in [1.82, 2.24) is 9.55 Å². The Morgan fingerprint density at radius 2 is 1.45 bits per heavy atom. The zero-order valence-electron chi connectivity index (χ0n) is 30.4. The maximum absolute atomic E-state index is 6.70. The summed E-state index contributed by atoms with van der Waals surface area (Å²) in [7, 11) is 0. The molecule has 0 saturated heterocycles. The Hall–Kier alpha value is -4.12. The van der Waals surface area contributed by atoms with Crippen LogP contribution in [0.3, 0.4) is 0 Å². The van der Waals surface area contributed by atoms with E-state index in [4.69, 9.17) is 19.5 Å². The SMILES string of the molecule is CC(C)c1cc(Oc2ccc3c4cc(C(C)(C)C)ccc4n(-c4cc(C(C)(C)C)ccn4)c3c2)cc(C2=N[C@](C)(C(C)(C)C)CO2)c1. The first-order chi connectivity index (χ1) is 21.8. The topological polar surface area (TPSA) is 48.6 Å². The standard InChI is InChI=1S/C42H51N3O2/c1-26(2)27-19-28(38-44-42(12,25-46-38)41(9,10)11)21-32(20-27)47-31-14-15-33-34-22-29(39(3,4)5)13-16-35(34)45(36(33)24-31)37-23-30(17-18-43-37)40(6,7)8/h13-24,26H,25H2,1-12H3/t42-/m0/s1. The summed E-state index contributed by atoms with van der Waals surface area (Å²) in [6.45, 7) is 27.3. The third-order valence-electron chi connectivity index (χ3n) is 9.98. The van der Waals surface area contributed by atoms with Crippen LogP contribution in [0.5, 0.6) is 11.5 Å². The second-order valence-corrected chi connectivity index (χ2v) is 16.9. The first-order valence-electron chi connectivity index (χ1n) is 17.0. The van der Waals surface area contributed by atoms with E-state index in [0.29, 0.717) is 18.4 Å². The van der Waals surface area contributed by atoms with Crippen molar-refractivity contribution in [2.24, 2.45) is 10.4 Å². The molecule has 47 heavy (non-hydrogen) atoms. The normalized spacial score (nSPS) is 17.4. The Morgan fingerprint density at radius 1 is 0.745 bits per heavy atom. The van der Waals surface area contributed by atoms with Gasteiger partial charge in [0.05, 0.1) is 11.0 Å². The molecular formula is C42H51N3O2. The zero-order chi connectivity index (χ0) is 34.1. The molecule has 5 heteroatoms. The van der Waals surface area contributed by atoms with Crippen LogP contribution in [0.25, 0.3) is 27.6 Å². The lowest BCUT2D eigenvalue weighted by Crippen LogP contribution is -2.39. The third kappa shape index (κ3) is 6.17. The van der Waals surface area contributed by atoms with Crippen molar-refractivity contribution in [3.63, 3.8) is 0 Å². The highest BCUT2D eigenvalue weighted by molar-refractivity contribution is 6.09. The van der Waals surface area contributed by atoms with Crippen LogP contribution in [0.1, 0.15) is 111 Å². The third-order valence-corrected chi connectivity index (χ3v) is 9.98. The van der Waals surface area contributed by atoms with Crippen LogP contribution in [0.2, 0.25) is 0 Å². The Balaban J connectivity index is 1.49. The molecule has 1 aliphatic rings. The molecule has 6 rings (SSSR count). The number of fused-ring (bicyclic) bond motifs is 3. The molecule has 1 aliphatic heterocycles. The molecule has 246 valence electrons. The highest BCUT2D eigenvalue weighted by Gasteiger charge is 2.42. The summed E-state index contributed by atoms with van der Waals surface area (Å²) < 4.78 is 15.2. The van der Waals surface area contributed by atoms with E-state index in [2.05, 4.69) is 154 Å². The minimum Gasteiger partial charge on any atom is -0.475 e. The number of rotatable bonds is 5. The van der Waals surface area contributed by atoms with Gasteiger partial charge in [-0.3, -0.25) is 4.57 Å². The van der Waals surface area contributed by atoms with E-state index in [1.54, 1.807) is 0 Å². The van der Waals surface area contributed by atoms with Gasteiger partial charge in [0.15, 0.2) is 0 Å². The van der Waals surface area contributed by atoms with Gasteiger partial charge >= 0.3 is 0 Å². The van der Waals surface area contributed by atoms with Crippen LogP contribution in [0, 0.1) is 5.41 Å². The monoisotopic (exact) mass is 629 g/mol. The van der Waals surface area contributed by atoms with E-state index in [1.807, 2.05) is 6.20 Å². The van der Waals surface area contributed by atoms with Gasteiger partial charge in [-0.05, 0) is 100 Å². The van der Waals surface area contributed by atoms with Gasteiger partial charge in [0.1, 0.15) is 29.5 Å². The summed E-state index contributed by atoms with van der Waals surface area (Å²) in [5.74, 6) is 3.44. The molecule has 2 aromatic heterocycles. The molecule has 0 unspecified atom stereocenters. The molecule has 5 aromatic rings. The van der Waals surface area contributed by atoms with Crippen molar-refractivity contribution in [3.8, 4) is 17.3 Å². The van der Waals surface area contributed by atoms with Gasteiger partial charge in [-0.1, -0.05) is 82.2 Å². The average Bonchev–Trinajstić information content (AvgIpc) is 3.54. The van der Waals surface area contributed by atoms with Crippen molar-refractivity contribution >= 4 is 27.7 Å². The summed E-state index contributed by atoms with van der Waals surface area (Å²) in [5.41, 5.74) is 6.60. The van der Waals surface area contributed by atoms with Crippen LogP contribution in [-0.4, -0.2) is 27.6 Å². The van der Waals surface area contributed by atoms with Gasteiger partial charge in [0.25, 0.3) is 0 Å². The lowest BCUT2D eigenvalue weighted by Gasteiger charge is -2.33. The van der Waals surface area contributed by atoms with Crippen LogP contribution < -0.4 is 4.74 Å². The van der Waals surface area contributed by atoms with E-state index in [9.17, 15) is 0 Å². The highest BCUT2D eigenvalue weighted by atomic mass is 16.5. The molecule has 0 amide bonds. The largest absolute Gasteiger partial charge is 0.475 e. The maximum atomic E-state index is 6.70. The molecule has 0 saturated carbocycles. The van der Waals surface area contributed by atoms with Gasteiger partial charge < -0.3 is 9.47 Å². The van der Waals surface area contributed by atoms with E-state index >= 15 is 0 Å². The van der Waals surface area contributed by atoms with Crippen molar-refractivity contribution < 1.29 is 9.47 Å². The number of aromatic nitrogens is 2. The minimum absolute atomic E-state index is 0.000906. The molecule has 5 nitrogen and oxygen atoms in total. The van der Waals surface area contributed by atoms with Crippen molar-refractivity contribution in [3.05, 3.63) is 95.2 Å². The number of benzene rings is 3. The number of pyridine rings is 1. The van der Waals surface area contributed by atoms with Gasteiger partial charge in [0, 0.05) is 28.6 Å². The molecule has 3 aromatic carbocycles.